The van der Waals surface area contributed by atoms with Gasteiger partial charge in [0.15, 0.2) is 5.82 Å². The summed E-state index contributed by atoms with van der Waals surface area (Å²) in [6, 6.07) is 9.50. The molecule has 6 heteroatoms. The van der Waals surface area contributed by atoms with Crippen LogP contribution in [0.3, 0.4) is 0 Å². The molecule has 3 aromatic rings. The molecule has 0 unspecified atom stereocenters. The van der Waals surface area contributed by atoms with Crippen LogP contribution in [-0.2, 0) is 0 Å². The maximum atomic E-state index is 10.7. The van der Waals surface area contributed by atoms with Crippen LogP contribution < -0.4 is 9.64 Å². The molecule has 24 heavy (non-hydrogen) atoms. The van der Waals surface area contributed by atoms with E-state index in [0.29, 0.717) is 17.3 Å². The zero-order chi connectivity index (χ0) is 17.3. The number of anilines is 1. The molecule has 0 bridgehead atoms. The molecule has 2 heterocycles. The minimum absolute atomic E-state index is 0.438. The van der Waals surface area contributed by atoms with Gasteiger partial charge in [-0.3, -0.25) is 4.98 Å². The van der Waals surface area contributed by atoms with E-state index >= 15 is 0 Å². The molecule has 1 aromatic carbocycles. The monoisotopic (exact) mass is 324 g/mol. The summed E-state index contributed by atoms with van der Waals surface area (Å²) in [6.07, 6.45) is 3.40. The number of rotatable bonds is 4. The van der Waals surface area contributed by atoms with Crippen molar-refractivity contribution >= 4 is 5.69 Å². The van der Waals surface area contributed by atoms with Gasteiger partial charge in [-0.05, 0) is 31.2 Å². The van der Waals surface area contributed by atoms with Crippen molar-refractivity contribution in [3.8, 4) is 28.4 Å². The van der Waals surface area contributed by atoms with E-state index in [1.54, 1.807) is 19.5 Å². The van der Waals surface area contributed by atoms with Crippen LogP contribution in [0, 0.1) is 6.92 Å². The molecule has 0 saturated carbocycles. The van der Waals surface area contributed by atoms with E-state index < -0.39 is 0 Å². The molecular formula is C18H20N4O2. The predicted molar refractivity (Wildman–Crippen MR) is 93.7 cm³/mol. The lowest BCUT2D eigenvalue weighted by Gasteiger charge is -2.15. The van der Waals surface area contributed by atoms with Crippen LogP contribution in [0.5, 0.6) is 5.75 Å². The number of aryl methyl sites for hydroxylation is 1. The second-order valence-corrected chi connectivity index (χ2v) is 5.70. The third-order valence-corrected chi connectivity index (χ3v) is 3.91. The van der Waals surface area contributed by atoms with E-state index in [4.69, 9.17) is 4.74 Å². The Bertz CT molecular complexity index is 857. The molecule has 6 nitrogen and oxygen atoms in total. The van der Waals surface area contributed by atoms with Crippen molar-refractivity contribution in [3.63, 3.8) is 0 Å². The second-order valence-electron chi connectivity index (χ2n) is 5.70. The normalized spacial score (nSPS) is 10.7. The van der Waals surface area contributed by atoms with Crippen molar-refractivity contribution in [2.45, 2.75) is 6.92 Å². The van der Waals surface area contributed by atoms with Crippen LogP contribution in [0.15, 0.2) is 42.7 Å². The SMILES string of the molecule is COc1cc(N(C)C)ccc1-c1nc(C)c(-c2cccnc2)n1O. The highest BCUT2D eigenvalue weighted by atomic mass is 16.5. The molecule has 0 aliphatic rings. The molecule has 0 aliphatic carbocycles. The summed E-state index contributed by atoms with van der Waals surface area (Å²) in [5.41, 5.74) is 3.89. The van der Waals surface area contributed by atoms with E-state index in [1.807, 2.05) is 56.3 Å². The van der Waals surface area contributed by atoms with E-state index in [9.17, 15) is 5.21 Å². The molecule has 0 fully saturated rings. The minimum atomic E-state index is 0.438. The smallest absolute Gasteiger partial charge is 0.180 e. The molecule has 0 saturated heterocycles. The number of hydrogen-bond acceptors (Lipinski definition) is 5. The highest BCUT2D eigenvalue weighted by Crippen LogP contribution is 2.35. The van der Waals surface area contributed by atoms with E-state index in [0.717, 1.165) is 27.2 Å². The predicted octanol–water partition coefficient (Wildman–Crippen LogP) is 3.23. The van der Waals surface area contributed by atoms with Crippen LogP contribution >= 0.6 is 0 Å². The molecule has 3 rings (SSSR count). The Balaban J connectivity index is 2.15. The van der Waals surface area contributed by atoms with E-state index in [1.165, 1.54) is 0 Å². The Kier molecular flexibility index (Phi) is 4.12. The number of pyridine rings is 1. The van der Waals surface area contributed by atoms with Crippen LogP contribution in [0.2, 0.25) is 0 Å². The van der Waals surface area contributed by atoms with E-state index in [-0.39, 0.29) is 0 Å². The fourth-order valence-electron chi connectivity index (χ4n) is 2.67. The third-order valence-electron chi connectivity index (χ3n) is 3.91. The Morgan fingerprint density at radius 3 is 2.62 bits per heavy atom. The van der Waals surface area contributed by atoms with Gasteiger partial charge in [-0.15, -0.1) is 0 Å². The summed E-state index contributed by atoms with van der Waals surface area (Å²) in [7, 11) is 5.54. The molecule has 0 spiro atoms. The fraction of sp³-hybridized carbons (Fsp3) is 0.222. The van der Waals surface area contributed by atoms with Crippen molar-refractivity contribution in [1.29, 1.82) is 0 Å². The summed E-state index contributed by atoms with van der Waals surface area (Å²) in [4.78, 5) is 10.6. The lowest BCUT2D eigenvalue weighted by Crippen LogP contribution is -2.09. The molecule has 0 amide bonds. The van der Waals surface area contributed by atoms with Gasteiger partial charge in [0, 0.05) is 43.8 Å². The van der Waals surface area contributed by atoms with Crippen LogP contribution in [0.25, 0.3) is 22.6 Å². The molecule has 0 aliphatic heterocycles. The maximum absolute atomic E-state index is 10.7. The average Bonchev–Trinajstić information content (AvgIpc) is 2.89. The first kappa shape index (κ1) is 15.9. The molecule has 124 valence electrons. The Morgan fingerprint density at radius 1 is 1.21 bits per heavy atom. The van der Waals surface area contributed by atoms with Crippen LogP contribution in [0.1, 0.15) is 5.69 Å². The zero-order valence-corrected chi connectivity index (χ0v) is 14.2. The van der Waals surface area contributed by atoms with Gasteiger partial charge in [0.25, 0.3) is 0 Å². The Labute approximate surface area is 140 Å². The van der Waals surface area contributed by atoms with Gasteiger partial charge < -0.3 is 14.8 Å². The van der Waals surface area contributed by atoms with Gasteiger partial charge in [-0.25, -0.2) is 4.98 Å². The quantitative estimate of drug-likeness (QED) is 0.747. The van der Waals surface area contributed by atoms with Crippen molar-refractivity contribution in [1.82, 2.24) is 14.7 Å². The lowest BCUT2D eigenvalue weighted by molar-refractivity contribution is 0.195. The number of hydrogen-bond donors (Lipinski definition) is 1. The summed E-state index contributed by atoms with van der Waals surface area (Å²) in [5, 5.41) is 10.7. The number of benzene rings is 1. The van der Waals surface area contributed by atoms with Gasteiger partial charge >= 0.3 is 0 Å². The second kappa shape index (κ2) is 6.23. The molecule has 0 atom stereocenters. The van der Waals surface area contributed by atoms with Crippen LogP contribution in [-0.4, -0.2) is 41.1 Å². The average molecular weight is 324 g/mol. The number of imidazole rings is 1. The standard InChI is InChI=1S/C18H20N4O2/c1-12-17(13-6-5-9-19-11-13)22(23)18(20-12)15-8-7-14(21(2)3)10-16(15)24-4/h5-11,23H,1-4H3. The first-order chi connectivity index (χ1) is 11.5. The number of ether oxygens (including phenoxy) is 1. The van der Waals surface area contributed by atoms with Crippen molar-refractivity contribution in [2.24, 2.45) is 0 Å². The highest BCUT2D eigenvalue weighted by molar-refractivity contribution is 5.73. The van der Waals surface area contributed by atoms with Crippen molar-refractivity contribution < 1.29 is 9.94 Å². The van der Waals surface area contributed by atoms with Gasteiger partial charge in [-0.1, -0.05) is 0 Å². The summed E-state index contributed by atoms with van der Waals surface area (Å²) in [5.74, 6) is 1.09. The largest absolute Gasteiger partial charge is 0.496 e. The molecular weight excluding hydrogens is 304 g/mol. The summed E-state index contributed by atoms with van der Waals surface area (Å²) < 4.78 is 6.59. The topological polar surface area (TPSA) is 63.4 Å². The third kappa shape index (κ3) is 2.67. The van der Waals surface area contributed by atoms with Crippen molar-refractivity contribution in [2.75, 3.05) is 26.1 Å². The summed E-state index contributed by atoms with van der Waals surface area (Å²) >= 11 is 0. The van der Waals surface area contributed by atoms with E-state index in [2.05, 4.69) is 9.97 Å². The number of aromatic nitrogens is 3. The minimum Gasteiger partial charge on any atom is -0.496 e. The first-order valence-electron chi connectivity index (χ1n) is 7.57. The highest BCUT2D eigenvalue weighted by Gasteiger charge is 2.20. The van der Waals surface area contributed by atoms with Crippen molar-refractivity contribution in [3.05, 3.63) is 48.4 Å². The number of methoxy groups -OCH3 is 1. The molecule has 2 aromatic heterocycles. The zero-order valence-electron chi connectivity index (χ0n) is 14.2. The lowest BCUT2D eigenvalue weighted by atomic mass is 10.1. The van der Waals surface area contributed by atoms with Gasteiger partial charge in [0.2, 0.25) is 0 Å². The Hall–Kier alpha value is -3.02. The van der Waals surface area contributed by atoms with Gasteiger partial charge in [0.05, 0.1) is 18.4 Å². The fourth-order valence-corrected chi connectivity index (χ4v) is 2.67. The summed E-state index contributed by atoms with van der Waals surface area (Å²) in [6.45, 7) is 1.86. The molecule has 1 N–H and O–H groups in total. The molecule has 0 radical (unpaired) electrons. The van der Waals surface area contributed by atoms with Crippen LogP contribution in [0.4, 0.5) is 5.69 Å². The first-order valence-corrected chi connectivity index (χ1v) is 7.57. The number of nitrogens with zero attached hydrogens (tertiary/aromatic N) is 4. The maximum Gasteiger partial charge on any atom is 0.180 e. The van der Waals surface area contributed by atoms with Gasteiger partial charge in [-0.2, -0.15) is 4.73 Å². The van der Waals surface area contributed by atoms with Gasteiger partial charge in [0.1, 0.15) is 11.4 Å². The Morgan fingerprint density at radius 2 is 2.00 bits per heavy atom.